The van der Waals surface area contributed by atoms with Crippen LogP contribution in [0.4, 0.5) is 5.69 Å². The van der Waals surface area contributed by atoms with Crippen LogP contribution in [0.1, 0.15) is 10.6 Å². The van der Waals surface area contributed by atoms with Crippen molar-refractivity contribution in [2.24, 2.45) is 5.73 Å². The molecule has 0 fully saturated rings. The molecular formula is C13H17N3S. The summed E-state index contributed by atoms with van der Waals surface area (Å²) in [6, 6.07) is 8.42. The molecule has 0 amide bonds. The molecule has 0 bridgehead atoms. The highest BCUT2D eigenvalue weighted by Crippen LogP contribution is 2.28. The van der Waals surface area contributed by atoms with Gasteiger partial charge in [-0.2, -0.15) is 0 Å². The Morgan fingerprint density at radius 1 is 1.24 bits per heavy atom. The Morgan fingerprint density at radius 2 is 1.88 bits per heavy atom. The van der Waals surface area contributed by atoms with Gasteiger partial charge in [-0.3, -0.25) is 0 Å². The van der Waals surface area contributed by atoms with Crippen molar-refractivity contribution in [1.29, 1.82) is 0 Å². The first-order chi connectivity index (χ1) is 8.11. The Balaban J connectivity index is 2.33. The monoisotopic (exact) mass is 247 g/mol. The smallest absolute Gasteiger partial charge is 0.123 e. The predicted molar refractivity (Wildman–Crippen MR) is 74.5 cm³/mol. The number of nitrogens with two attached hydrogens (primary N) is 1. The first-order valence-electron chi connectivity index (χ1n) is 5.56. The van der Waals surface area contributed by atoms with Crippen LogP contribution in [0.25, 0.3) is 10.6 Å². The molecule has 1 aromatic heterocycles. The lowest BCUT2D eigenvalue weighted by Crippen LogP contribution is -2.07. The van der Waals surface area contributed by atoms with Crippen LogP contribution in [0.3, 0.4) is 0 Å². The summed E-state index contributed by atoms with van der Waals surface area (Å²) >= 11 is 1.70. The van der Waals surface area contributed by atoms with E-state index in [2.05, 4.69) is 41.1 Å². The topological polar surface area (TPSA) is 42.2 Å². The summed E-state index contributed by atoms with van der Waals surface area (Å²) in [5.74, 6) is 0. The summed E-state index contributed by atoms with van der Waals surface area (Å²) in [4.78, 5) is 7.85. The van der Waals surface area contributed by atoms with Gasteiger partial charge in [-0.25, -0.2) is 4.98 Å². The van der Waals surface area contributed by atoms with E-state index in [9.17, 15) is 0 Å². The lowest BCUT2D eigenvalue weighted by molar-refractivity contribution is 0.998. The molecule has 1 heterocycles. The van der Waals surface area contributed by atoms with Crippen LogP contribution in [0.5, 0.6) is 0 Å². The molecule has 2 N–H and O–H groups in total. The van der Waals surface area contributed by atoms with Crippen molar-refractivity contribution < 1.29 is 0 Å². The highest BCUT2D eigenvalue weighted by atomic mass is 32.1. The van der Waals surface area contributed by atoms with Crippen LogP contribution in [0.15, 0.2) is 24.3 Å². The molecule has 4 heteroatoms. The maximum absolute atomic E-state index is 5.64. The molecule has 0 unspecified atom stereocenters. The van der Waals surface area contributed by atoms with E-state index in [0.29, 0.717) is 6.54 Å². The van der Waals surface area contributed by atoms with Crippen molar-refractivity contribution in [3.63, 3.8) is 0 Å². The summed E-state index contributed by atoms with van der Waals surface area (Å²) in [5.41, 5.74) is 9.00. The fraction of sp³-hybridized carbons (Fsp3) is 0.308. The summed E-state index contributed by atoms with van der Waals surface area (Å²) in [5, 5.41) is 1.05. The van der Waals surface area contributed by atoms with Crippen molar-refractivity contribution in [3.05, 3.63) is 34.8 Å². The maximum atomic E-state index is 5.64. The van der Waals surface area contributed by atoms with Crippen LogP contribution in [0.2, 0.25) is 0 Å². The number of hydrogen-bond donors (Lipinski definition) is 1. The van der Waals surface area contributed by atoms with Crippen molar-refractivity contribution >= 4 is 17.0 Å². The van der Waals surface area contributed by atoms with E-state index in [1.54, 1.807) is 11.3 Å². The van der Waals surface area contributed by atoms with E-state index in [0.717, 1.165) is 16.3 Å². The van der Waals surface area contributed by atoms with Gasteiger partial charge in [0.25, 0.3) is 0 Å². The Kier molecular flexibility index (Phi) is 3.45. The largest absolute Gasteiger partial charge is 0.378 e. The van der Waals surface area contributed by atoms with Crippen molar-refractivity contribution in [3.8, 4) is 10.6 Å². The lowest BCUT2D eigenvalue weighted by atomic mass is 10.2. The molecule has 0 radical (unpaired) electrons. The fourth-order valence-corrected chi connectivity index (χ4v) is 2.59. The van der Waals surface area contributed by atoms with Crippen LogP contribution in [-0.4, -0.2) is 19.1 Å². The van der Waals surface area contributed by atoms with Crippen molar-refractivity contribution in [1.82, 2.24) is 4.98 Å². The number of aromatic nitrogens is 1. The molecule has 2 aromatic rings. The highest BCUT2D eigenvalue weighted by molar-refractivity contribution is 7.15. The fourth-order valence-electron chi connectivity index (χ4n) is 1.64. The first kappa shape index (κ1) is 12.1. The number of hydrogen-bond acceptors (Lipinski definition) is 4. The zero-order valence-corrected chi connectivity index (χ0v) is 11.2. The zero-order valence-electron chi connectivity index (χ0n) is 10.4. The van der Waals surface area contributed by atoms with E-state index in [1.807, 2.05) is 14.1 Å². The molecule has 90 valence electrons. The highest BCUT2D eigenvalue weighted by Gasteiger charge is 2.08. The number of anilines is 1. The summed E-state index contributed by atoms with van der Waals surface area (Å²) in [7, 11) is 4.07. The lowest BCUT2D eigenvalue weighted by Gasteiger charge is -2.11. The molecule has 1 aromatic carbocycles. The number of benzene rings is 1. The SMILES string of the molecule is Cc1sc(-c2ccc(N(C)C)cc2)nc1CN. The third-order valence-corrected chi connectivity index (χ3v) is 3.78. The third kappa shape index (κ3) is 2.48. The molecule has 0 saturated carbocycles. The van der Waals surface area contributed by atoms with E-state index < -0.39 is 0 Å². The minimum atomic E-state index is 0.512. The molecular weight excluding hydrogens is 230 g/mol. The second-order valence-electron chi connectivity index (χ2n) is 4.17. The number of thiazole rings is 1. The van der Waals surface area contributed by atoms with E-state index in [-0.39, 0.29) is 0 Å². The molecule has 0 atom stereocenters. The Labute approximate surface area is 106 Å². The Hall–Kier alpha value is -1.39. The standard InChI is InChI=1S/C13H17N3S/c1-9-12(8-14)15-13(17-9)10-4-6-11(7-5-10)16(2)3/h4-7H,8,14H2,1-3H3. The number of nitrogens with zero attached hydrogens (tertiary/aromatic N) is 2. The van der Waals surface area contributed by atoms with Gasteiger partial charge >= 0.3 is 0 Å². The van der Waals surface area contributed by atoms with Gasteiger partial charge in [0.15, 0.2) is 0 Å². The quantitative estimate of drug-likeness (QED) is 0.906. The van der Waals surface area contributed by atoms with Gasteiger partial charge in [-0.1, -0.05) is 0 Å². The van der Waals surface area contributed by atoms with Gasteiger partial charge in [0.2, 0.25) is 0 Å². The molecule has 0 aliphatic carbocycles. The predicted octanol–water partition coefficient (Wildman–Crippen LogP) is 2.64. The van der Waals surface area contributed by atoms with Crippen LogP contribution >= 0.6 is 11.3 Å². The molecule has 2 rings (SSSR count). The Morgan fingerprint density at radius 3 is 2.35 bits per heavy atom. The summed E-state index contributed by atoms with van der Waals surface area (Å²) in [6.45, 7) is 2.58. The average molecular weight is 247 g/mol. The van der Waals surface area contributed by atoms with Crippen LogP contribution < -0.4 is 10.6 Å². The number of rotatable bonds is 3. The van der Waals surface area contributed by atoms with Gasteiger partial charge in [-0.05, 0) is 31.2 Å². The Bertz CT molecular complexity index is 500. The van der Waals surface area contributed by atoms with Gasteiger partial charge in [0.1, 0.15) is 5.01 Å². The summed E-state index contributed by atoms with van der Waals surface area (Å²) < 4.78 is 0. The minimum absolute atomic E-state index is 0.512. The van der Waals surface area contributed by atoms with E-state index in [4.69, 9.17) is 5.73 Å². The number of aryl methyl sites for hydroxylation is 1. The van der Waals surface area contributed by atoms with Crippen LogP contribution in [0, 0.1) is 6.92 Å². The van der Waals surface area contributed by atoms with Crippen LogP contribution in [-0.2, 0) is 6.54 Å². The molecule has 3 nitrogen and oxygen atoms in total. The normalized spacial score (nSPS) is 10.6. The van der Waals surface area contributed by atoms with Gasteiger partial charge < -0.3 is 10.6 Å². The van der Waals surface area contributed by atoms with Crippen molar-refractivity contribution in [2.75, 3.05) is 19.0 Å². The molecule has 0 saturated heterocycles. The molecule has 0 spiro atoms. The zero-order chi connectivity index (χ0) is 12.4. The average Bonchev–Trinajstić information content (AvgIpc) is 2.70. The second kappa shape index (κ2) is 4.85. The van der Waals surface area contributed by atoms with Gasteiger partial charge in [0.05, 0.1) is 5.69 Å². The minimum Gasteiger partial charge on any atom is -0.378 e. The van der Waals surface area contributed by atoms with E-state index >= 15 is 0 Å². The molecule has 0 aliphatic heterocycles. The van der Waals surface area contributed by atoms with Gasteiger partial charge in [-0.15, -0.1) is 11.3 Å². The van der Waals surface area contributed by atoms with Gasteiger partial charge in [0, 0.05) is 36.8 Å². The molecule has 0 aliphatic rings. The summed E-state index contributed by atoms with van der Waals surface area (Å²) in [6.07, 6.45) is 0. The van der Waals surface area contributed by atoms with Crippen molar-refractivity contribution in [2.45, 2.75) is 13.5 Å². The van der Waals surface area contributed by atoms with E-state index in [1.165, 1.54) is 10.6 Å². The second-order valence-corrected chi connectivity index (χ2v) is 5.37. The third-order valence-electron chi connectivity index (χ3n) is 2.72. The molecule has 17 heavy (non-hydrogen) atoms. The maximum Gasteiger partial charge on any atom is 0.123 e. The first-order valence-corrected chi connectivity index (χ1v) is 6.37.